The second-order valence-electron chi connectivity index (χ2n) is 10.1. The summed E-state index contributed by atoms with van der Waals surface area (Å²) in [4.78, 5) is 40.5. The van der Waals surface area contributed by atoms with Gasteiger partial charge >= 0.3 is 24.4 Å². The Labute approximate surface area is 231 Å². The molecule has 4 aliphatic rings. The molecule has 4 fully saturated rings. The van der Waals surface area contributed by atoms with Crippen LogP contribution in [0.1, 0.15) is 21.5 Å². The van der Waals surface area contributed by atoms with Crippen LogP contribution in [0.5, 0.6) is 0 Å². The van der Waals surface area contributed by atoms with Crippen LogP contribution in [0.15, 0.2) is 18.2 Å². The van der Waals surface area contributed by atoms with Crippen LogP contribution in [-0.2, 0) is 21.9 Å². The topological polar surface area (TPSA) is 194 Å². The molecule has 4 atom stereocenters. The molecule has 0 aromatic heterocycles. The Balaban J connectivity index is 1.48. The van der Waals surface area contributed by atoms with Crippen molar-refractivity contribution < 1.29 is 55.7 Å². The molecule has 0 bridgehead atoms. The van der Waals surface area contributed by atoms with Crippen LogP contribution in [0, 0.1) is 10.8 Å². The molecule has 0 unspecified atom stereocenters. The number of imide groups is 1. The number of nitrogens with one attached hydrogen (secondary N) is 5. The third-order valence-electron chi connectivity index (χ3n) is 7.58. The van der Waals surface area contributed by atoms with E-state index in [1.54, 1.807) is 0 Å². The number of benzene rings is 1. The first-order valence-corrected chi connectivity index (χ1v) is 12.0. The number of alkyl halides is 6. The van der Waals surface area contributed by atoms with E-state index in [1.165, 1.54) is 7.05 Å². The molecule has 42 heavy (non-hydrogen) atoms. The number of urea groups is 1. The molecule has 0 aliphatic carbocycles. The van der Waals surface area contributed by atoms with Crippen molar-refractivity contribution in [1.29, 1.82) is 10.8 Å². The number of aliphatic hydroxyl groups is 2. The fourth-order valence-corrected chi connectivity index (χ4v) is 5.64. The van der Waals surface area contributed by atoms with Crippen LogP contribution in [0.25, 0.3) is 0 Å². The molecule has 20 heteroatoms. The molecule has 4 saturated heterocycles. The van der Waals surface area contributed by atoms with E-state index in [0.717, 1.165) is 14.7 Å². The normalized spacial score (nSPS) is 28.8. The first-order valence-electron chi connectivity index (χ1n) is 12.0. The Kier molecular flexibility index (Phi) is 6.31. The zero-order valence-electron chi connectivity index (χ0n) is 21.2. The van der Waals surface area contributed by atoms with Gasteiger partial charge in [0.1, 0.15) is 6.54 Å². The summed E-state index contributed by atoms with van der Waals surface area (Å²) in [6, 6.07) is -3.09. The summed E-state index contributed by atoms with van der Waals surface area (Å²) in [5.41, 5.74) is -7.22. The standard InChI is InChI=1S/C22H22F6N8O6/c1-34-7-13(37)35(18(34)39)5-11-14-19(33-16(29)32-14)20(40,41)12(6-36(19)17(30)31-11)42-15(38)9-4-8(21(23,24)25)2-3-10(9)22(26,27)28/h2-4,11-12,14,40-41H,5-7H2,1H3,(H2,30,31)(H3,29,32,33)/t11-,12-,14-,19-/m0/s1. The Morgan fingerprint density at radius 1 is 1.12 bits per heavy atom. The minimum absolute atomic E-state index is 0.0452. The van der Waals surface area contributed by atoms with Gasteiger partial charge in [0.2, 0.25) is 11.7 Å². The number of ether oxygens (including phenoxy) is 1. The maximum Gasteiger partial charge on any atom is 0.417 e. The van der Waals surface area contributed by atoms with Crippen LogP contribution < -0.4 is 16.0 Å². The van der Waals surface area contributed by atoms with Gasteiger partial charge in [-0.2, -0.15) is 26.3 Å². The Morgan fingerprint density at radius 2 is 1.79 bits per heavy atom. The third-order valence-corrected chi connectivity index (χ3v) is 7.58. The van der Waals surface area contributed by atoms with Gasteiger partial charge in [0.05, 0.1) is 41.9 Å². The number of carbonyl (C=O) groups excluding carboxylic acids is 3. The van der Waals surface area contributed by atoms with Crippen molar-refractivity contribution in [2.75, 3.05) is 26.7 Å². The van der Waals surface area contributed by atoms with E-state index in [9.17, 15) is 50.9 Å². The quantitative estimate of drug-likeness (QED) is 0.0989. The van der Waals surface area contributed by atoms with E-state index in [0.29, 0.717) is 0 Å². The monoisotopic (exact) mass is 608 g/mol. The lowest BCUT2D eigenvalue weighted by Gasteiger charge is -2.51. The molecule has 7 N–H and O–H groups in total. The van der Waals surface area contributed by atoms with Crippen molar-refractivity contribution in [3.8, 4) is 0 Å². The molecule has 4 aliphatic heterocycles. The Bertz CT molecular complexity index is 1400. The predicted molar refractivity (Wildman–Crippen MR) is 124 cm³/mol. The number of nitrogens with zero attached hydrogens (tertiary/aromatic N) is 3. The van der Waals surface area contributed by atoms with Crippen LogP contribution in [-0.4, -0.2) is 111 Å². The molecular formula is C22H22F6N8O6. The number of hydrogen-bond donors (Lipinski definition) is 7. The first-order chi connectivity index (χ1) is 19.3. The number of likely N-dealkylation sites (N-methyl/N-ethyl adjacent to an activating group) is 1. The summed E-state index contributed by atoms with van der Waals surface area (Å²) in [5, 5.41) is 46.9. The van der Waals surface area contributed by atoms with Crippen molar-refractivity contribution in [3.63, 3.8) is 0 Å². The van der Waals surface area contributed by atoms with Gasteiger partial charge in [-0.25, -0.2) is 9.59 Å². The van der Waals surface area contributed by atoms with Gasteiger partial charge in [0, 0.05) is 7.05 Å². The number of carbonyl (C=O) groups is 3. The summed E-state index contributed by atoms with van der Waals surface area (Å²) < 4.78 is 85.4. The first kappa shape index (κ1) is 29.2. The van der Waals surface area contributed by atoms with Gasteiger partial charge in [-0.15, -0.1) is 0 Å². The smallest absolute Gasteiger partial charge is 0.417 e. The molecule has 228 valence electrons. The van der Waals surface area contributed by atoms with E-state index in [-0.39, 0.29) is 24.7 Å². The summed E-state index contributed by atoms with van der Waals surface area (Å²) in [6.45, 7) is -1.45. The lowest BCUT2D eigenvalue weighted by atomic mass is 9.85. The second kappa shape index (κ2) is 9.08. The maximum absolute atomic E-state index is 13.6. The predicted octanol–water partition coefficient (Wildman–Crippen LogP) is -0.761. The molecule has 1 aromatic rings. The van der Waals surface area contributed by atoms with Crippen molar-refractivity contribution in [2.24, 2.45) is 0 Å². The van der Waals surface area contributed by atoms with Gasteiger partial charge < -0.3 is 40.7 Å². The zero-order valence-corrected chi connectivity index (χ0v) is 21.2. The minimum atomic E-state index is -5.28. The SMILES string of the molecule is CN1CC(=O)N(C[C@@H]2NC(=N)N3C[C@H](OC(=O)c4cc(C(F)(F)F)ccc4C(F)(F)F)C(O)(O)[C@@]34NC(=N)N[C@@H]24)C1=O. The van der Waals surface area contributed by atoms with E-state index in [2.05, 4.69) is 16.0 Å². The van der Waals surface area contributed by atoms with Crippen molar-refractivity contribution >= 4 is 29.8 Å². The minimum Gasteiger partial charge on any atom is -0.451 e. The number of guanidine groups is 2. The fraction of sp³-hybridized carbons (Fsp3) is 0.500. The summed E-state index contributed by atoms with van der Waals surface area (Å²) in [5.74, 6) is -6.97. The van der Waals surface area contributed by atoms with Gasteiger partial charge in [0.15, 0.2) is 23.7 Å². The molecular weight excluding hydrogens is 586 g/mol. The summed E-state index contributed by atoms with van der Waals surface area (Å²) >= 11 is 0. The second-order valence-corrected chi connectivity index (χ2v) is 10.1. The third kappa shape index (κ3) is 4.23. The van der Waals surface area contributed by atoms with Crippen LogP contribution in [0.3, 0.4) is 0 Å². The number of halogens is 6. The molecule has 5 rings (SSSR count). The lowest BCUT2D eigenvalue weighted by Crippen LogP contribution is -2.81. The van der Waals surface area contributed by atoms with Crippen molar-refractivity contribution in [3.05, 3.63) is 34.9 Å². The zero-order chi connectivity index (χ0) is 31.2. The number of esters is 1. The van der Waals surface area contributed by atoms with E-state index in [4.69, 9.17) is 15.6 Å². The molecule has 0 radical (unpaired) electrons. The fourth-order valence-electron chi connectivity index (χ4n) is 5.64. The summed E-state index contributed by atoms with van der Waals surface area (Å²) in [6.07, 6.45) is -12.6. The van der Waals surface area contributed by atoms with E-state index >= 15 is 0 Å². The highest BCUT2D eigenvalue weighted by Gasteiger charge is 2.75. The average Bonchev–Trinajstić information content (AvgIpc) is 3.43. The average molecular weight is 608 g/mol. The van der Waals surface area contributed by atoms with Gasteiger partial charge in [-0.05, 0) is 18.2 Å². The van der Waals surface area contributed by atoms with Crippen LogP contribution >= 0.6 is 0 Å². The van der Waals surface area contributed by atoms with Crippen molar-refractivity contribution in [2.45, 2.75) is 42.0 Å². The highest BCUT2D eigenvalue weighted by atomic mass is 19.4. The van der Waals surface area contributed by atoms with Crippen molar-refractivity contribution in [1.82, 2.24) is 30.7 Å². The Morgan fingerprint density at radius 3 is 2.36 bits per heavy atom. The molecule has 14 nitrogen and oxygen atoms in total. The van der Waals surface area contributed by atoms with Crippen LogP contribution in [0.2, 0.25) is 0 Å². The van der Waals surface area contributed by atoms with Gasteiger partial charge in [-0.3, -0.25) is 20.5 Å². The molecule has 3 amide bonds. The molecule has 1 spiro atoms. The number of amides is 3. The van der Waals surface area contributed by atoms with Crippen LogP contribution in [0.4, 0.5) is 31.1 Å². The van der Waals surface area contributed by atoms with Gasteiger partial charge in [0.25, 0.3) is 0 Å². The lowest BCUT2D eigenvalue weighted by molar-refractivity contribution is -0.258. The molecule has 4 heterocycles. The Hall–Kier alpha value is -4.33. The van der Waals surface area contributed by atoms with Gasteiger partial charge in [-0.1, -0.05) is 0 Å². The molecule has 0 saturated carbocycles. The maximum atomic E-state index is 13.6. The van der Waals surface area contributed by atoms with E-state index in [1.807, 2.05) is 0 Å². The number of rotatable bonds is 4. The number of hydrogen-bond acceptors (Lipinski definition) is 8. The largest absolute Gasteiger partial charge is 0.451 e. The van der Waals surface area contributed by atoms with E-state index < -0.39 is 102 Å². The highest BCUT2D eigenvalue weighted by molar-refractivity contribution is 6.02. The molecule has 1 aromatic carbocycles. The summed E-state index contributed by atoms with van der Waals surface area (Å²) in [7, 11) is 1.36. The highest BCUT2D eigenvalue weighted by Crippen LogP contribution is 2.45.